The van der Waals surface area contributed by atoms with Crippen LogP contribution in [0.3, 0.4) is 0 Å². The summed E-state index contributed by atoms with van der Waals surface area (Å²) in [4.78, 5) is 17.3. The molecule has 0 aliphatic rings. The molecular formula is C23H18BrFN4O. The van der Waals surface area contributed by atoms with E-state index in [0.717, 1.165) is 21.3 Å². The number of carbonyl (C=O) groups is 1. The summed E-state index contributed by atoms with van der Waals surface area (Å²) in [7, 11) is 0. The van der Waals surface area contributed by atoms with Crippen LogP contribution in [0.25, 0.3) is 17.1 Å². The van der Waals surface area contributed by atoms with Crippen LogP contribution < -0.4 is 5.32 Å². The maximum atomic E-state index is 13.4. The molecule has 7 heteroatoms. The third-order valence-electron chi connectivity index (χ3n) is 4.60. The molecule has 0 spiro atoms. The van der Waals surface area contributed by atoms with Crippen molar-refractivity contribution in [1.29, 1.82) is 0 Å². The van der Waals surface area contributed by atoms with Crippen LogP contribution in [0.15, 0.2) is 71.2 Å². The smallest absolute Gasteiger partial charge is 0.295 e. The van der Waals surface area contributed by atoms with E-state index >= 15 is 0 Å². The maximum Gasteiger partial charge on any atom is 0.295 e. The van der Waals surface area contributed by atoms with Crippen molar-refractivity contribution in [1.82, 2.24) is 14.8 Å². The van der Waals surface area contributed by atoms with Gasteiger partial charge in [-0.25, -0.2) is 14.1 Å². The van der Waals surface area contributed by atoms with Gasteiger partial charge in [-0.1, -0.05) is 28.1 Å². The van der Waals surface area contributed by atoms with Crippen LogP contribution in [0.4, 0.5) is 10.1 Å². The lowest BCUT2D eigenvalue weighted by molar-refractivity contribution is 0.101. The Morgan fingerprint density at radius 2 is 1.80 bits per heavy atom. The van der Waals surface area contributed by atoms with E-state index in [9.17, 15) is 9.18 Å². The zero-order valence-electron chi connectivity index (χ0n) is 16.4. The minimum absolute atomic E-state index is 0.0261. The molecule has 1 amide bonds. The summed E-state index contributed by atoms with van der Waals surface area (Å²) in [6.07, 6.45) is 0. The predicted molar refractivity (Wildman–Crippen MR) is 118 cm³/mol. The molecule has 0 saturated carbocycles. The van der Waals surface area contributed by atoms with Crippen molar-refractivity contribution in [3.8, 4) is 17.1 Å². The molecule has 0 bridgehead atoms. The highest BCUT2D eigenvalue weighted by Gasteiger charge is 2.19. The van der Waals surface area contributed by atoms with Crippen molar-refractivity contribution in [2.45, 2.75) is 13.8 Å². The summed E-state index contributed by atoms with van der Waals surface area (Å²) in [6.45, 7) is 3.88. The van der Waals surface area contributed by atoms with Crippen molar-refractivity contribution < 1.29 is 9.18 Å². The summed E-state index contributed by atoms with van der Waals surface area (Å²) in [5.41, 5.74) is 4.06. The van der Waals surface area contributed by atoms with E-state index in [1.165, 1.54) is 12.1 Å². The molecule has 4 aromatic rings. The zero-order valence-corrected chi connectivity index (χ0v) is 17.9. The molecule has 1 N–H and O–H groups in total. The monoisotopic (exact) mass is 464 g/mol. The first-order chi connectivity index (χ1) is 14.4. The molecule has 1 aromatic heterocycles. The summed E-state index contributed by atoms with van der Waals surface area (Å²) in [5.74, 6) is -0.282. The Bertz CT molecular complexity index is 1230. The maximum absolute atomic E-state index is 13.4. The van der Waals surface area contributed by atoms with Crippen LogP contribution in [0.5, 0.6) is 0 Å². The highest BCUT2D eigenvalue weighted by atomic mass is 79.9. The first-order valence-electron chi connectivity index (χ1n) is 9.28. The topological polar surface area (TPSA) is 59.8 Å². The van der Waals surface area contributed by atoms with Crippen molar-refractivity contribution >= 4 is 27.5 Å². The summed E-state index contributed by atoms with van der Waals surface area (Å²) in [5, 5.41) is 7.31. The number of benzene rings is 3. The van der Waals surface area contributed by atoms with Crippen LogP contribution in [-0.4, -0.2) is 20.7 Å². The lowest BCUT2D eigenvalue weighted by Gasteiger charge is -2.07. The number of carbonyl (C=O) groups excluding carboxylic acids is 1. The first-order valence-corrected chi connectivity index (χ1v) is 10.1. The molecule has 3 aromatic carbocycles. The largest absolute Gasteiger partial charge is 0.319 e. The Labute approximate surface area is 181 Å². The minimum Gasteiger partial charge on any atom is -0.319 e. The van der Waals surface area contributed by atoms with Crippen LogP contribution in [0.1, 0.15) is 21.7 Å². The van der Waals surface area contributed by atoms with Gasteiger partial charge in [0.15, 0.2) is 5.82 Å². The molecule has 0 aliphatic heterocycles. The molecule has 5 nitrogen and oxygen atoms in total. The van der Waals surface area contributed by atoms with Gasteiger partial charge in [-0.05, 0) is 79.6 Å². The third-order valence-corrected chi connectivity index (χ3v) is 5.09. The second-order valence-corrected chi connectivity index (χ2v) is 7.85. The molecule has 150 valence electrons. The normalized spacial score (nSPS) is 10.8. The van der Waals surface area contributed by atoms with Crippen molar-refractivity contribution in [2.75, 3.05) is 5.32 Å². The van der Waals surface area contributed by atoms with E-state index in [4.69, 9.17) is 0 Å². The number of aryl methyl sites for hydroxylation is 2. The number of anilines is 1. The van der Waals surface area contributed by atoms with Crippen LogP contribution >= 0.6 is 15.9 Å². The van der Waals surface area contributed by atoms with Gasteiger partial charge in [0.1, 0.15) is 5.82 Å². The fourth-order valence-corrected chi connectivity index (χ4v) is 3.55. The van der Waals surface area contributed by atoms with E-state index in [2.05, 4.69) is 31.3 Å². The Morgan fingerprint density at radius 3 is 2.50 bits per heavy atom. The average molecular weight is 465 g/mol. The van der Waals surface area contributed by atoms with E-state index in [-0.39, 0.29) is 11.6 Å². The van der Waals surface area contributed by atoms with Gasteiger partial charge >= 0.3 is 0 Å². The standard InChI is InChI=1S/C23H18BrFN4O/c1-14-4-3-5-19(12-14)29-22(16-6-9-18(25)10-7-16)27-21(28-29)23(30)26-20-11-8-17(24)13-15(20)2/h3-13H,1-2H3,(H,26,30). The number of amides is 1. The molecule has 0 saturated heterocycles. The van der Waals surface area contributed by atoms with E-state index in [1.807, 2.05) is 56.3 Å². The fraction of sp³-hybridized carbons (Fsp3) is 0.0870. The van der Waals surface area contributed by atoms with Gasteiger partial charge in [-0.2, -0.15) is 0 Å². The second kappa shape index (κ2) is 8.20. The van der Waals surface area contributed by atoms with Crippen molar-refractivity contribution in [3.63, 3.8) is 0 Å². The molecule has 0 unspecified atom stereocenters. The number of aromatic nitrogens is 3. The summed E-state index contributed by atoms with van der Waals surface area (Å²) in [6, 6.07) is 19.2. The zero-order chi connectivity index (χ0) is 21.3. The Balaban J connectivity index is 1.76. The third kappa shape index (κ3) is 4.16. The SMILES string of the molecule is Cc1cccc(-n2nc(C(=O)Nc3ccc(Br)cc3C)nc2-c2ccc(F)cc2)c1. The van der Waals surface area contributed by atoms with Crippen molar-refractivity contribution in [3.05, 3.63) is 94.0 Å². The minimum atomic E-state index is -0.421. The Morgan fingerprint density at radius 1 is 1.03 bits per heavy atom. The summed E-state index contributed by atoms with van der Waals surface area (Å²) < 4.78 is 15.9. The molecule has 4 rings (SSSR count). The molecule has 0 fully saturated rings. The second-order valence-electron chi connectivity index (χ2n) is 6.93. The predicted octanol–water partition coefficient (Wildman–Crippen LogP) is 5.71. The van der Waals surface area contributed by atoms with Crippen LogP contribution in [0, 0.1) is 19.7 Å². The van der Waals surface area contributed by atoms with E-state index < -0.39 is 5.91 Å². The highest BCUT2D eigenvalue weighted by Crippen LogP contribution is 2.24. The number of hydrogen-bond acceptors (Lipinski definition) is 3. The first kappa shape index (κ1) is 20.0. The van der Waals surface area contributed by atoms with E-state index in [0.29, 0.717) is 17.1 Å². The van der Waals surface area contributed by atoms with Crippen LogP contribution in [0.2, 0.25) is 0 Å². The Kier molecular flexibility index (Phi) is 5.46. The molecule has 0 atom stereocenters. The molecule has 1 heterocycles. The molecule has 30 heavy (non-hydrogen) atoms. The number of hydrogen-bond donors (Lipinski definition) is 1. The van der Waals surface area contributed by atoms with Gasteiger partial charge in [0.2, 0.25) is 5.82 Å². The van der Waals surface area contributed by atoms with Gasteiger partial charge in [0.25, 0.3) is 5.91 Å². The number of nitrogens with one attached hydrogen (secondary N) is 1. The van der Waals surface area contributed by atoms with Gasteiger partial charge in [0, 0.05) is 15.7 Å². The summed E-state index contributed by atoms with van der Waals surface area (Å²) >= 11 is 3.42. The number of halogens is 2. The number of rotatable bonds is 4. The fourth-order valence-electron chi connectivity index (χ4n) is 3.08. The Hall–Kier alpha value is -3.32. The van der Waals surface area contributed by atoms with Gasteiger partial charge in [-0.3, -0.25) is 4.79 Å². The molecular weight excluding hydrogens is 447 g/mol. The quantitative estimate of drug-likeness (QED) is 0.420. The van der Waals surface area contributed by atoms with Gasteiger partial charge < -0.3 is 5.32 Å². The molecule has 0 radical (unpaired) electrons. The lowest BCUT2D eigenvalue weighted by Crippen LogP contribution is -2.15. The molecule has 0 aliphatic carbocycles. The van der Waals surface area contributed by atoms with Gasteiger partial charge in [-0.15, -0.1) is 5.10 Å². The number of nitrogens with zero attached hydrogens (tertiary/aromatic N) is 3. The van der Waals surface area contributed by atoms with Crippen molar-refractivity contribution in [2.24, 2.45) is 0 Å². The lowest BCUT2D eigenvalue weighted by atomic mass is 10.2. The highest BCUT2D eigenvalue weighted by molar-refractivity contribution is 9.10. The van der Waals surface area contributed by atoms with E-state index in [1.54, 1.807) is 16.8 Å². The average Bonchev–Trinajstić information content (AvgIpc) is 3.16. The van der Waals surface area contributed by atoms with Gasteiger partial charge in [0.05, 0.1) is 5.69 Å². The van der Waals surface area contributed by atoms with Crippen LogP contribution in [-0.2, 0) is 0 Å².